The summed E-state index contributed by atoms with van der Waals surface area (Å²) in [5, 5.41) is 11.4. The molecular formula is C27H32N2O7. The summed E-state index contributed by atoms with van der Waals surface area (Å²) in [6.07, 6.45) is 0. The Labute approximate surface area is 210 Å². The molecule has 2 aromatic carbocycles. The van der Waals surface area contributed by atoms with Crippen LogP contribution in [0.25, 0.3) is 5.76 Å². The first kappa shape index (κ1) is 25.5. The number of aryl methyl sites for hydroxylation is 1. The molecule has 1 N–H and O–H groups in total. The largest absolute Gasteiger partial charge is 0.507 e. The van der Waals surface area contributed by atoms with Crippen molar-refractivity contribution in [2.45, 2.75) is 13.0 Å². The van der Waals surface area contributed by atoms with E-state index in [1.54, 1.807) is 43.5 Å². The van der Waals surface area contributed by atoms with E-state index in [1.165, 1.54) is 19.1 Å². The van der Waals surface area contributed by atoms with Gasteiger partial charge in [0.05, 0.1) is 46.2 Å². The first-order valence-electron chi connectivity index (χ1n) is 11.9. The number of carbonyl (C=O) groups is 2. The molecule has 0 saturated carbocycles. The molecule has 0 spiro atoms. The van der Waals surface area contributed by atoms with E-state index in [9.17, 15) is 14.7 Å². The summed E-state index contributed by atoms with van der Waals surface area (Å²) in [5.41, 5.74) is 1.74. The topological polar surface area (TPSA) is 97.8 Å². The van der Waals surface area contributed by atoms with Crippen LogP contribution in [0.2, 0.25) is 0 Å². The average Bonchev–Trinajstić information content (AvgIpc) is 3.16. The van der Waals surface area contributed by atoms with Crippen LogP contribution >= 0.6 is 0 Å². The summed E-state index contributed by atoms with van der Waals surface area (Å²) in [7, 11) is 4.59. The normalized spacial score (nSPS) is 20.0. The van der Waals surface area contributed by atoms with Crippen molar-refractivity contribution in [1.82, 2.24) is 9.80 Å². The third kappa shape index (κ3) is 4.76. The number of aliphatic hydroxyl groups excluding tert-OH is 1. The molecule has 0 aromatic heterocycles. The Bertz CT molecular complexity index is 1170. The number of ether oxygens (including phenoxy) is 4. The standard InChI is InChI=1S/C27H32N2O7/c1-17-16-18(33-2)8-9-19(17)24(30)22-23(20-6-5-7-21(34-3)26(20)35-4)29(27(32)25(22)31)11-10-28-12-14-36-15-13-28/h5-9,16,23,30H,10-15H2,1-4H3/b24-22+/t23-/m1/s1. The molecule has 2 saturated heterocycles. The second-order valence-corrected chi connectivity index (χ2v) is 8.71. The molecule has 1 amide bonds. The fraction of sp³-hybridized carbons (Fsp3) is 0.407. The van der Waals surface area contributed by atoms with Gasteiger partial charge < -0.3 is 29.0 Å². The average molecular weight is 497 g/mol. The zero-order valence-electron chi connectivity index (χ0n) is 21.1. The van der Waals surface area contributed by atoms with Crippen LogP contribution in [-0.4, -0.2) is 87.3 Å². The summed E-state index contributed by atoms with van der Waals surface area (Å²) < 4.78 is 21.8. The van der Waals surface area contributed by atoms with Crippen LogP contribution in [0.1, 0.15) is 22.7 Å². The van der Waals surface area contributed by atoms with Crippen molar-refractivity contribution in [1.29, 1.82) is 0 Å². The molecule has 9 heteroatoms. The molecule has 2 aromatic rings. The lowest BCUT2D eigenvalue weighted by molar-refractivity contribution is -0.140. The van der Waals surface area contributed by atoms with E-state index < -0.39 is 17.7 Å². The first-order valence-corrected chi connectivity index (χ1v) is 11.9. The van der Waals surface area contributed by atoms with Crippen LogP contribution in [0.4, 0.5) is 0 Å². The minimum Gasteiger partial charge on any atom is -0.507 e. The predicted molar refractivity (Wildman–Crippen MR) is 134 cm³/mol. The Kier molecular flexibility index (Phi) is 7.81. The van der Waals surface area contributed by atoms with Gasteiger partial charge in [0.2, 0.25) is 0 Å². The summed E-state index contributed by atoms with van der Waals surface area (Å²) in [5.74, 6) is -0.140. The highest BCUT2D eigenvalue weighted by Crippen LogP contribution is 2.45. The Morgan fingerprint density at radius 1 is 1.03 bits per heavy atom. The molecule has 192 valence electrons. The van der Waals surface area contributed by atoms with Crippen molar-refractivity contribution < 1.29 is 33.6 Å². The number of morpholine rings is 1. The molecule has 36 heavy (non-hydrogen) atoms. The summed E-state index contributed by atoms with van der Waals surface area (Å²) in [6.45, 7) is 5.44. The molecule has 2 aliphatic rings. The molecule has 0 unspecified atom stereocenters. The second kappa shape index (κ2) is 11.0. The van der Waals surface area contributed by atoms with E-state index in [0.717, 1.165) is 13.1 Å². The van der Waals surface area contributed by atoms with Gasteiger partial charge in [-0.1, -0.05) is 12.1 Å². The lowest BCUT2D eigenvalue weighted by Crippen LogP contribution is -2.42. The van der Waals surface area contributed by atoms with Gasteiger partial charge in [-0.3, -0.25) is 14.5 Å². The number of hydrogen-bond acceptors (Lipinski definition) is 8. The van der Waals surface area contributed by atoms with Crippen molar-refractivity contribution in [2.75, 3.05) is 60.7 Å². The van der Waals surface area contributed by atoms with E-state index in [-0.39, 0.29) is 11.3 Å². The molecular weight excluding hydrogens is 464 g/mol. The van der Waals surface area contributed by atoms with Gasteiger partial charge in [-0.15, -0.1) is 0 Å². The molecule has 1 atom stereocenters. The highest BCUT2D eigenvalue weighted by atomic mass is 16.5. The van der Waals surface area contributed by atoms with E-state index in [2.05, 4.69) is 4.90 Å². The van der Waals surface area contributed by atoms with Gasteiger partial charge in [-0.2, -0.15) is 0 Å². The SMILES string of the molecule is COc1ccc(/C(O)=C2\C(=O)C(=O)N(CCN3CCOCC3)[C@@H]2c2cccc(OC)c2OC)c(C)c1. The molecule has 2 heterocycles. The molecule has 0 radical (unpaired) electrons. The van der Waals surface area contributed by atoms with Gasteiger partial charge >= 0.3 is 0 Å². The van der Waals surface area contributed by atoms with Crippen LogP contribution < -0.4 is 14.2 Å². The van der Waals surface area contributed by atoms with Gasteiger partial charge in [0.1, 0.15) is 11.5 Å². The number of para-hydroxylation sites is 1. The predicted octanol–water partition coefficient (Wildman–Crippen LogP) is 2.77. The number of carbonyl (C=O) groups excluding carboxylic acids is 2. The number of benzene rings is 2. The lowest BCUT2D eigenvalue weighted by atomic mass is 9.93. The highest BCUT2D eigenvalue weighted by molar-refractivity contribution is 6.46. The Morgan fingerprint density at radius 2 is 1.78 bits per heavy atom. The van der Waals surface area contributed by atoms with Gasteiger partial charge in [-0.25, -0.2) is 0 Å². The van der Waals surface area contributed by atoms with Crippen molar-refractivity contribution in [3.05, 3.63) is 58.7 Å². The number of nitrogens with zero attached hydrogens (tertiary/aromatic N) is 2. The summed E-state index contributed by atoms with van der Waals surface area (Å²) in [4.78, 5) is 30.5. The Hall–Kier alpha value is -3.56. The first-order chi connectivity index (χ1) is 17.4. The molecule has 2 fully saturated rings. The second-order valence-electron chi connectivity index (χ2n) is 8.71. The Balaban J connectivity index is 1.84. The maximum Gasteiger partial charge on any atom is 0.295 e. The van der Waals surface area contributed by atoms with Crippen molar-refractivity contribution in [3.8, 4) is 17.2 Å². The molecule has 9 nitrogen and oxygen atoms in total. The van der Waals surface area contributed by atoms with E-state index >= 15 is 0 Å². The molecule has 4 rings (SSSR count). The number of amides is 1. The fourth-order valence-electron chi connectivity index (χ4n) is 4.81. The van der Waals surface area contributed by atoms with Gasteiger partial charge in [0.25, 0.3) is 11.7 Å². The van der Waals surface area contributed by atoms with Crippen LogP contribution in [0.5, 0.6) is 17.2 Å². The highest BCUT2D eigenvalue weighted by Gasteiger charge is 2.47. The number of likely N-dealkylation sites (tertiary alicyclic amines) is 1. The lowest BCUT2D eigenvalue weighted by Gasteiger charge is -2.31. The van der Waals surface area contributed by atoms with Crippen LogP contribution in [-0.2, 0) is 14.3 Å². The number of Topliss-reactive ketones (excluding diaryl/α,β-unsaturated/α-hetero) is 1. The van der Waals surface area contributed by atoms with Crippen molar-refractivity contribution in [3.63, 3.8) is 0 Å². The number of rotatable bonds is 8. The maximum absolute atomic E-state index is 13.4. The van der Waals surface area contributed by atoms with E-state index in [0.29, 0.717) is 60.2 Å². The quantitative estimate of drug-likeness (QED) is 0.339. The zero-order valence-corrected chi connectivity index (χ0v) is 21.1. The third-order valence-corrected chi connectivity index (χ3v) is 6.72. The minimum absolute atomic E-state index is 0.0156. The van der Waals surface area contributed by atoms with Gasteiger partial charge in [0, 0.05) is 37.3 Å². The Morgan fingerprint density at radius 3 is 2.42 bits per heavy atom. The molecule has 2 aliphatic heterocycles. The maximum atomic E-state index is 13.4. The molecule has 0 bridgehead atoms. The van der Waals surface area contributed by atoms with Crippen LogP contribution in [0.15, 0.2) is 42.0 Å². The number of methoxy groups -OCH3 is 3. The van der Waals surface area contributed by atoms with Crippen LogP contribution in [0.3, 0.4) is 0 Å². The van der Waals surface area contributed by atoms with Crippen LogP contribution in [0, 0.1) is 6.92 Å². The number of ketones is 1. The number of aliphatic hydroxyl groups is 1. The summed E-state index contributed by atoms with van der Waals surface area (Å²) >= 11 is 0. The minimum atomic E-state index is -0.849. The van der Waals surface area contributed by atoms with Gasteiger partial charge in [-0.05, 0) is 36.8 Å². The monoisotopic (exact) mass is 496 g/mol. The number of hydrogen-bond donors (Lipinski definition) is 1. The van der Waals surface area contributed by atoms with Crippen molar-refractivity contribution in [2.24, 2.45) is 0 Å². The van der Waals surface area contributed by atoms with Crippen molar-refractivity contribution >= 4 is 17.4 Å². The zero-order chi connectivity index (χ0) is 25.8. The fourth-order valence-corrected chi connectivity index (χ4v) is 4.81. The van der Waals surface area contributed by atoms with E-state index in [1.807, 2.05) is 6.92 Å². The third-order valence-electron chi connectivity index (χ3n) is 6.72. The van der Waals surface area contributed by atoms with Gasteiger partial charge in [0.15, 0.2) is 11.5 Å². The molecule has 0 aliphatic carbocycles. The van der Waals surface area contributed by atoms with E-state index in [4.69, 9.17) is 18.9 Å². The summed E-state index contributed by atoms with van der Waals surface area (Å²) in [6, 6.07) is 9.62. The smallest absolute Gasteiger partial charge is 0.295 e.